The predicted molar refractivity (Wildman–Crippen MR) is 48.9 cm³/mol. The minimum absolute atomic E-state index is 0.334. The highest BCUT2D eigenvalue weighted by atomic mass is 16.7. The molecule has 6 nitrogen and oxygen atoms in total. The first-order valence-electron chi connectivity index (χ1n) is 3.86. The molecule has 0 unspecified atom stereocenters. The van der Waals surface area contributed by atoms with E-state index in [2.05, 4.69) is 20.3 Å². The second-order valence-corrected chi connectivity index (χ2v) is 2.39. The van der Waals surface area contributed by atoms with Crippen molar-refractivity contribution in [2.45, 2.75) is 6.54 Å². The standard InChI is InChI=1S/C8H8N4O2/c9-11-12-14-8(13)10-6-7-4-2-1-3-5-7/h1-5H,6H2,(H,10,13). The highest BCUT2D eigenvalue weighted by molar-refractivity contribution is 5.66. The van der Waals surface area contributed by atoms with Crippen LogP contribution in [0.2, 0.25) is 0 Å². The zero-order valence-electron chi connectivity index (χ0n) is 7.25. The van der Waals surface area contributed by atoms with Gasteiger partial charge in [-0.2, -0.15) is 0 Å². The van der Waals surface area contributed by atoms with Crippen molar-refractivity contribution < 1.29 is 9.63 Å². The maximum atomic E-state index is 10.8. The van der Waals surface area contributed by atoms with Crippen LogP contribution in [0.15, 0.2) is 35.6 Å². The van der Waals surface area contributed by atoms with Crippen LogP contribution in [0.3, 0.4) is 0 Å². The quantitative estimate of drug-likeness (QED) is 0.344. The molecular formula is C8H8N4O2. The van der Waals surface area contributed by atoms with E-state index < -0.39 is 6.09 Å². The number of hydrogen-bond acceptors (Lipinski definition) is 3. The van der Waals surface area contributed by atoms with Crippen LogP contribution in [0, 0.1) is 0 Å². The average molecular weight is 192 g/mol. The predicted octanol–water partition coefficient (Wildman–Crippen LogP) is 2.14. The van der Waals surface area contributed by atoms with E-state index in [1.807, 2.05) is 30.3 Å². The first-order chi connectivity index (χ1) is 6.83. The monoisotopic (exact) mass is 192 g/mol. The third kappa shape index (κ3) is 3.46. The Balaban J connectivity index is 2.34. The highest BCUT2D eigenvalue weighted by Gasteiger charge is 1.99. The van der Waals surface area contributed by atoms with Crippen LogP contribution in [0.4, 0.5) is 4.79 Å². The number of azide groups is 1. The van der Waals surface area contributed by atoms with Crippen molar-refractivity contribution in [3.63, 3.8) is 0 Å². The molecule has 0 heterocycles. The van der Waals surface area contributed by atoms with E-state index in [0.717, 1.165) is 5.56 Å². The number of benzene rings is 1. The average Bonchev–Trinajstić information content (AvgIpc) is 2.25. The number of carbonyl (C=O) groups is 1. The van der Waals surface area contributed by atoms with E-state index >= 15 is 0 Å². The van der Waals surface area contributed by atoms with Gasteiger partial charge in [0.2, 0.25) is 0 Å². The van der Waals surface area contributed by atoms with E-state index in [1.165, 1.54) is 0 Å². The van der Waals surface area contributed by atoms with Crippen LogP contribution in [0.5, 0.6) is 0 Å². The molecule has 0 aliphatic carbocycles. The summed E-state index contributed by atoms with van der Waals surface area (Å²) in [6.07, 6.45) is -0.772. The summed E-state index contributed by atoms with van der Waals surface area (Å²) in [5.41, 5.74) is 8.79. The third-order valence-electron chi connectivity index (χ3n) is 1.44. The first-order valence-corrected chi connectivity index (χ1v) is 3.86. The Morgan fingerprint density at radius 1 is 1.50 bits per heavy atom. The lowest BCUT2D eigenvalue weighted by molar-refractivity contribution is 0.147. The summed E-state index contributed by atoms with van der Waals surface area (Å²) >= 11 is 0. The number of nitrogens with zero attached hydrogens (tertiary/aromatic N) is 3. The molecule has 72 valence electrons. The van der Waals surface area contributed by atoms with E-state index in [4.69, 9.17) is 5.53 Å². The van der Waals surface area contributed by atoms with Crippen LogP contribution in [0.1, 0.15) is 5.56 Å². The molecule has 6 heteroatoms. The number of carbonyl (C=O) groups excluding carboxylic acids is 1. The number of amides is 1. The molecule has 0 saturated carbocycles. The Morgan fingerprint density at radius 3 is 2.86 bits per heavy atom. The van der Waals surface area contributed by atoms with Gasteiger partial charge in [-0.3, -0.25) is 0 Å². The molecule has 0 bridgehead atoms. The summed E-state index contributed by atoms with van der Waals surface area (Å²) in [6.45, 7) is 0.334. The van der Waals surface area contributed by atoms with E-state index in [9.17, 15) is 4.79 Å². The lowest BCUT2D eigenvalue weighted by Gasteiger charge is -2.01. The van der Waals surface area contributed by atoms with Crippen LogP contribution in [0.25, 0.3) is 10.4 Å². The van der Waals surface area contributed by atoms with Crippen LogP contribution in [-0.2, 0) is 11.4 Å². The molecule has 0 saturated heterocycles. The zero-order chi connectivity index (χ0) is 10.2. The van der Waals surface area contributed by atoms with Crippen molar-refractivity contribution in [2.75, 3.05) is 0 Å². The normalized spacial score (nSPS) is 8.57. The fourth-order valence-corrected chi connectivity index (χ4v) is 0.858. The van der Waals surface area contributed by atoms with Gasteiger partial charge in [-0.1, -0.05) is 30.3 Å². The van der Waals surface area contributed by atoms with Crippen molar-refractivity contribution in [3.05, 3.63) is 46.3 Å². The minimum Gasteiger partial charge on any atom is -0.342 e. The summed E-state index contributed by atoms with van der Waals surface area (Å²) < 4.78 is 0. The minimum atomic E-state index is -0.772. The maximum Gasteiger partial charge on any atom is 0.419 e. The first kappa shape index (κ1) is 9.88. The van der Waals surface area contributed by atoms with Crippen molar-refractivity contribution in [3.8, 4) is 0 Å². The summed E-state index contributed by atoms with van der Waals surface area (Å²) in [5.74, 6) is 0. The Bertz CT molecular complexity index is 346. The Hall–Kier alpha value is -2.20. The van der Waals surface area contributed by atoms with Gasteiger partial charge < -0.3 is 10.2 Å². The van der Waals surface area contributed by atoms with Crippen LogP contribution in [-0.4, -0.2) is 6.09 Å². The van der Waals surface area contributed by atoms with Gasteiger partial charge in [0.05, 0.1) is 0 Å². The molecule has 1 aromatic rings. The molecular weight excluding hydrogens is 184 g/mol. The van der Waals surface area contributed by atoms with Gasteiger partial charge in [0.1, 0.15) is 5.28 Å². The second kappa shape index (κ2) is 5.45. The fourth-order valence-electron chi connectivity index (χ4n) is 0.858. The molecule has 0 aliphatic rings. The van der Waals surface area contributed by atoms with Gasteiger partial charge in [-0.25, -0.2) is 4.79 Å². The highest BCUT2D eigenvalue weighted by Crippen LogP contribution is 1.97. The maximum absolute atomic E-state index is 10.8. The lowest BCUT2D eigenvalue weighted by atomic mass is 10.2. The van der Waals surface area contributed by atoms with Gasteiger partial charge in [-0.05, 0) is 11.1 Å². The topological polar surface area (TPSA) is 87.1 Å². The van der Waals surface area contributed by atoms with Crippen molar-refractivity contribution >= 4 is 6.09 Å². The van der Waals surface area contributed by atoms with E-state index in [1.54, 1.807) is 0 Å². The molecule has 0 radical (unpaired) electrons. The number of nitrogens with one attached hydrogen (secondary N) is 1. The largest absolute Gasteiger partial charge is 0.419 e. The summed E-state index contributed by atoms with van der Waals surface area (Å²) in [6, 6.07) is 9.30. The zero-order valence-corrected chi connectivity index (χ0v) is 7.25. The molecule has 0 spiro atoms. The molecule has 1 amide bonds. The van der Waals surface area contributed by atoms with Crippen molar-refractivity contribution in [1.82, 2.24) is 5.32 Å². The van der Waals surface area contributed by atoms with E-state index in [-0.39, 0.29) is 0 Å². The van der Waals surface area contributed by atoms with Crippen molar-refractivity contribution in [2.24, 2.45) is 5.28 Å². The number of rotatable bonds is 3. The molecule has 0 aliphatic heterocycles. The van der Waals surface area contributed by atoms with Crippen LogP contribution >= 0.6 is 0 Å². The Morgan fingerprint density at radius 2 is 2.21 bits per heavy atom. The second-order valence-electron chi connectivity index (χ2n) is 2.39. The summed E-state index contributed by atoms with van der Waals surface area (Å²) in [5, 5.41) is 5.06. The van der Waals surface area contributed by atoms with Gasteiger partial charge >= 0.3 is 6.09 Å². The molecule has 1 rings (SSSR count). The lowest BCUT2D eigenvalue weighted by Crippen LogP contribution is -2.21. The van der Waals surface area contributed by atoms with Gasteiger partial charge in [-0.15, -0.1) is 0 Å². The molecule has 0 aromatic heterocycles. The summed E-state index contributed by atoms with van der Waals surface area (Å²) in [7, 11) is 0. The third-order valence-corrected chi connectivity index (χ3v) is 1.44. The smallest absolute Gasteiger partial charge is 0.342 e. The van der Waals surface area contributed by atoms with Crippen molar-refractivity contribution in [1.29, 1.82) is 0 Å². The Labute approximate surface area is 80.1 Å². The van der Waals surface area contributed by atoms with Gasteiger partial charge in [0.15, 0.2) is 0 Å². The fraction of sp³-hybridized carbons (Fsp3) is 0.125. The molecule has 14 heavy (non-hydrogen) atoms. The van der Waals surface area contributed by atoms with Gasteiger partial charge in [0, 0.05) is 11.5 Å². The van der Waals surface area contributed by atoms with E-state index in [0.29, 0.717) is 6.54 Å². The van der Waals surface area contributed by atoms with Crippen LogP contribution < -0.4 is 5.32 Å². The molecule has 1 aromatic carbocycles. The summed E-state index contributed by atoms with van der Waals surface area (Å²) in [4.78, 5) is 17.1. The molecule has 0 fully saturated rings. The SMILES string of the molecule is [N-]=[N+]=NOC(=O)NCc1ccccc1. The Kier molecular flexibility index (Phi) is 3.85. The molecule has 1 N–H and O–H groups in total. The van der Waals surface area contributed by atoms with Gasteiger partial charge in [0.25, 0.3) is 0 Å². The molecule has 0 atom stereocenters. The number of hydrogen-bond donors (Lipinski definition) is 1.